The molecular formula is C15H19N3O3. The molecule has 0 aliphatic carbocycles. The van der Waals surface area contributed by atoms with Crippen molar-refractivity contribution in [2.24, 2.45) is 5.92 Å². The van der Waals surface area contributed by atoms with Gasteiger partial charge < -0.3 is 9.47 Å². The molecule has 112 valence electrons. The molecule has 0 spiro atoms. The summed E-state index contributed by atoms with van der Waals surface area (Å²) in [6.45, 7) is 4.16. The van der Waals surface area contributed by atoms with Gasteiger partial charge in [-0.3, -0.25) is 4.79 Å². The number of nitrogens with zero attached hydrogens (tertiary/aromatic N) is 3. The number of benzene rings is 1. The van der Waals surface area contributed by atoms with Gasteiger partial charge in [-0.2, -0.15) is 0 Å². The van der Waals surface area contributed by atoms with Crippen molar-refractivity contribution in [3.05, 3.63) is 29.6 Å². The average molecular weight is 289 g/mol. The number of aromatic nitrogens is 3. The summed E-state index contributed by atoms with van der Waals surface area (Å²) < 4.78 is 12.3. The van der Waals surface area contributed by atoms with Gasteiger partial charge in [0.25, 0.3) is 0 Å². The molecule has 0 saturated carbocycles. The summed E-state index contributed by atoms with van der Waals surface area (Å²) in [6, 6.07) is 5.42. The predicted octanol–water partition coefficient (Wildman–Crippen LogP) is 2.30. The van der Waals surface area contributed by atoms with Crippen molar-refractivity contribution in [3.8, 4) is 17.2 Å². The Morgan fingerprint density at radius 3 is 2.62 bits per heavy atom. The molecule has 0 saturated heterocycles. The van der Waals surface area contributed by atoms with Crippen LogP contribution in [0, 0.1) is 5.92 Å². The number of ether oxygens (including phenoxy) is 2. The molecule has 0 bridgehead atoms. The lowest BCUT2D eigenvalue weighted by atomic mass is 10.1. The van der Waals surface area contributed by atoms with Crippen LogP contribution in [-0.4, -0.2) is 35.5 Å². The zero-order chi connectivity index (χ0) is 15.4. The van der Waals surface area contributed by atoms with Gasteiger partial charge in [-0.25, -0.2) is 4.68 Å². The van der Waals surface area contributed by atoms with Gasteiger partial charge in [0.05, 0.1) is 19.9 Å². The molecule has 6 heteroatoms. The molecule has 0 amide bonds. The Labute approximate surface area is 123 Å². The quantitative estimate of drug-likeness (QED) is 0.763. The standard InChI is InChI=1S/C15H19N3O3/c1-10(2)7-13-12(9-19)16-17-18(13)14-8-11(20-3)5-6-15(14)21-4/h5-6,8-10H,7H2,1-4H3. The lowest BCUT2D eigenvalue weighted by Crippen LogP contribution is -2.08. The molecule has 1 heterocycles. The Balaban J connectivity index is 2.60. The van der Waals surface area contributed by atoms with Gasteiger partial charge in [0, 0.05) is 6.07 Å². The lowest BCUT2D eigenvalue weighted by Gasteiger charge is -2.13. The normalized spacial score (nSPS) is 10.7. The van der Waals surface area contributed by atoms with Gasteiger partial charge in [-0.1, -0.05) is 19.1 Å². The smallest absolute Gasteiger partial charge is 0.172 e. The summed E-state index contributed by atoms with van der Waals surface area (Å²) in [5.41, 5.74) is 1.83. The van der Waals surface area contributed by atoms with Crippen LogP contribution in [-0.2, 0) is 6.42 Å². The van der Waals surface area contributed by atoms with Crippen LogP contribution in [0.2, 0.25) is 0 Å². The molecule has 0 fully saturated rings. The highest BCUT2D eigenvalue weighted by Crippen LogP contribution is 2.29. The first-order chi connectivity index (χ1) is 10.1. The summed E-state index contributed by atoms with van der Waals surface area (Å²) >= 11 is 0. The minimum atomic E-state index is 0.355. The third-order valence-corrected chi connectivity index (χ3v) is 3.12. The molecule has 0 radical (unpaired) electrons. The molecule has 2 rings (SSSR count). The molecular weight excluding hydrogens is 270 g/mol. The second-order valence-corrected chi connectivity index (χ2v) is 5.09. The van der Waals surface area contributed by atoms with Gasteiger partial charge in [-0.05, 0) is 24.5 Å². The first-order valence-corrected chi connectivity index (χ1v) is 6.72. The van der Waals surface area contributed by atoms with Crippen LogP contribution in [0.4, 0.5) is 0 Å². The number of methoxy groups -OCH3 is 2. The van der Waals surface area contributed by atoms with E-state index in [1.807, 2.05) is 12.1 Å². The van der Waals surface area contributed by atoms with Gasteiger partial charge in [0.1, 0.15) is 22.9 Å². The molecule has 0 unspecified atom stereocenters. The van der Waals surface area contributed by atoms with Crippen LogP contribution in [0.3, 0.4) is 0 Å². The van der Waals surface area contributed by atoms with E-state index < -0.39 is 0 Å². The first-order valence-electron chi connectivity index (χ1n) is 6.72. The van der Waals surface area contributed by atoms with Crippen molar-refractivity contribution in [1.82, 2.24) is 15.0 Å². The Morgan fingerprint density at radius 2 is 2.05 bits per heavy atom. The number of hydrogen-bond acceptors (Lipinski definition) is 5. The number of carbonyl (C=O) groups is 1. The van der Waals surface area contributed by atoms with Crippen molar-refractivity contribution < 1.29 is 14.3 Å². The van der Waals surface area contributed by atoms with E-state index in [4.69, 9.17) is 9.47 Å². The zero-order valence-corrected chi connectivity index (χ0v) is 12.7. The predicted molar refractivity (Wildman–Crippen MR) is 78.4 cm³/mol. The van der Waals surface area contributed by atoms with Crippen molar-refractivity contribution >= 4 is 6.29 Å². The lowest BCUT2D eigenvalue weighted by molar-refractivity contribution is 0.111. The van der Waals surface area contributed by atoms with Crippen LogP contribution in [0.25, 0.3) is 5.69 Å². The van der Waals surface area contributed by atoms with Crippen LogP contribution < -0.4 is 9.47 Å². The van der Waals surface area contributed by atoms with E-state index in [0.29, 0.717) is 35.2 Å². The van der Waals surface area contributed by atoms with E-state index in [1.54, 1.807) is 25.0 Å². The van der Waals surface area contributed by atoms with E-state index in [1.165, 1.54) is 0 Å². The number of hydrogen-bond donors (Lipinski definition) is 0. The van der Waals surface area contributed by atoms with Crippen molar-refractivity contribution in [2.45, 2.75) is 20.3 Å². The maximum absolute atomic E-state index is 11.2. The van der Waals surface area contributed by atoms with Crippen molar-refractivity contribution in [1.29, 1.82) is 0 Å². The van der Waals surface area contributed by atoms with Crippen LogP contribution in [0.5, 0.6) is 11.5 Å². The molecule has 21 heavy (non-hydrogen) atoms. The number of rotatable bonds is 6. The molecule has 2 aromatic rings. The summed E-state index contributed by atoms with van der Waals surface area (Å²) in [6.07, 6.45) is 1.43. The highest BCUT2D eigenvalue weighted by Gasteiger charge is 2.18. The second kappa shape index (κ2) is 6.39. The van der Waals surface area contributed by atoms with Crippen molar-refractivity contribution in [3.63, 3.8) is 0 Å². The second-order valence-electron chi connectivity index (χ2n) is 5.09. The SMILES string of the molecule is COc1ccc(OC)c(-n2nnc(C=O)c2CC(C)C)c1. The van der Waals surface area contributed by atoms with E-state index in [-0.39, 0.29) is 0 Å². The molecule has 1 aromatic carbocycles. The summed E-state index contributed by atoms with van der Waals surface area (Å²) in [4.78, 5) is 11.2. The maximum atomic E-state index is 11.2. The minimum Gasteiger partial charge on any atom is -0.497 e. The maximum Gasteiger partial charge on any atom is 0.172 e. The molecule has 1 aromatic heterocycles. The fraction of sp³-hybridized carbons (Fsp3) is 0.400. The molecule has 6 nitrogen and oxygen atoms in total. The van der Waals surface area contributed by atoms with Gasteiger partial charge in [0.15, 0.2) is 6.29 Å². The fourth-order valence-electron chi connectivity index (χ4n) is 2.14. The Morgan fingerprint density at radius 1 is 1.29 bits per heavy atom. The Hall–Kier alpha value is -2.37. The largest absolute Gasteiger partial charge is 0.497 e. The first kappa shape index (κ1) is 15.0. The number of carbonyl (C=O) groups excluding carboxylic acids is 1. The van der Waals surface area contributed by atoms with E-state index in [9.17, 15) is 4.79 Å². The minimum absolute atomic E-state index is 0.355. The Kier molecular flexibility index (Phi) is 4.57. The van der Waals surface area contributed by atoms with Crippen LogP contribution in [0.15, 0.2) is 18.2 Å². The topological polar surface area (TPSA) is 66.2 Å². The highest BCUT2D eigenvalue weighted by molar-refractivity contribution is 5.73. The van der Waals surface area contributed by atoms with E-state index >= 15 is 0 Å². The summed E-state index contributed by atoms with van der Waals surface area (Å²) in [5, 5.41) is 8.04. The fourth-order valence-corrected chi connectivity index (χ4v) is 2.14. The van der Waals surface area contributed by atoms with Crippen LogP contribution in [0.1, 0.15) is 30.0 Å². The van der Waals surface area contributed by atoms with E-state index in [2.05, 4.69) is 24.2 Å². The summed E-state index contributed by atoms with van der Waals surface area (Å²) in [7, 11) is 3.18. The van der Waals surface area contributed by atoms with Gasteiger partial charge >= 0.3 is 0 Å². The molecule has 0 atom stereocenters. The third kappa shape index (κ3) is 3.04. The molecule has 0 aliphatic heterocycles. The molecule has 0 N–H and O–H groups in total. The third-order valence-electron chi connectivity index (χ3n) is 3.12. The van der Waals surface area contributed by atoms with Crippen molar-refractivity contribution in [2.75, 3.05) is 14.2 Å². The summed E-state index contributed by atoms with van der Waals surface area (Å²) in [5.74, 6) is 1.70. The van der Waals surface area contributed by atoms with Gasteiger partial charge in [-0.15, -0.1) is 5.10 Å². The zero-order valence-electron chi connectivity index (χ0n) is 12.7. The Bertz CT molecular complexity index is 635. The van der Waals surface area contributed by atoms with Crippen LogP contribution >= 0.6 is 0 Å². The van der Waals surface area contributed by atoms with Gasteiger partial charge in [0.2, 0.25) is 0 Å². The number of aldehydes is 1. The molecule has 0 aliphatic rings. The average Bonchev–Trinajstić information content (AvgIpc) is 2.88. The highest BCUT2D eigenvalue weighted by atomic mass is 16.5. The van der Waals surface area contributed by atoms with E-state index in [0.717, 1.165) is 12.0 Å². The monoisotopic (exact) mass is 289 g/mol.